The van der Waals surface area contributed by atoms with Crippen LogP contribution in [0.2, 0.25) is 0 Å². The van der Waals surface area contributed by atoms with Crippen molar-refractivity contribution >= 4 is 27.5 Å². The zero-order valence-electron chi connectivity index (χ0n) is 12.8. The SMILES string of the molecule is Cc1noc(COc2ccc(NC(=O)c3ccccc3Br)cc2)n1. The average Bonchev–Trinajstić information content (AvgIpc) is 3.00. The predicted molar refractivity (Wildman–Crippen MR) is 91.9 cm³/mol. The van der Waals surface area contributed by atoms with Crippen LogP contribution in [0, 0.1) is 6.92 Å². The number of benzene rings is 2. The van der Waals surface area contributed by atoms with Crippen LogP contribution in [-0.4, -0.2) is 16.0 Å². The van der Waals surface area contributed by atoms with Gasteiger partial charge in [-0.15, -0.1) is 0 Å². The Kier molecular flexibility index (Phi) is 4.90. The Morgan fingerprint density at radius 2 is 1.96 bits per heavy atom. The maximum atomic E-state index is 12.2. The van der Waals surface area contributed by atoms with Crippen molar-refractivity contribution in [3.63, 3.8) is 0 Å². The third-order valence-electron chi connectivity index (χ3n) is 3.16. The number of carbonyl (C=O) groups excluding carboxylic acids is 1. The number of hydrogen-bond acceptors (Lipinski definition) is 5. The number of aryl methyl sites for hydroxylation is 1. The number of ether oxygens (including phenoxy) is 1. The number of amides is 1. The molecular formula is C17H14BrN3O3. The van der Waals surface area contributed by atoms with Gasteiger partial charge in [-0.05, 0) is 59.3 Å². The molecule has 2 aromatic carbocycles. The van der Waals surface area contributed by atoms with Gasteiger partial charge in [-0.25, -0.2) is 0 Å². The maximum absolute atomic E-state index is 12.2. The number of nitrogens with one attached hydrogen (secondary N) is 1. The first-order chi connectivity index (χ1) is 11.6. The minimum Gasteiger partial charge on any atom is -0.484 e. The molecule has 0 saturated heterocycles. The lowest BCUT2D eigenvalue weighted by Gasteiger charge is -2.08. The highest BCUT2D eigenvalue weighted by Gasteiger charge is 2.09. The summed E-state index contributed by atoms with van der Waals surface area (Å²) in [6.45, 7) is 1.94. The van der Waals surface area contributed by atoms with Gasteiger partial charge in [0.15, 0.2) is 12.4 Å². The molecule has 0 aliphatic heterocycles. The molecule has 122 valence electrons. The smallest absolute Gasteiger partial charge is 0.264 e. The van der Waals surface area contributed by atoms with E-state index in [0.717, 1.165) is 4.47 Å². The molecule has 0 unspecified atom stereocenters. The van der Waals surface area contributed by atoms with Crippen molar-refractivity contribution in [2.75, 3.05) is 5.32 Å². The number of hydrogen-bond donors (Lipinski definition) is 1. The number of anilines is 1. The zero-order chi connectivity index (χ0) is 16.9. The summed E-state index contributed by atoms with van der Waals surface area (Å²) >= 11 is 3.37. The summed E-state index contributed by atoms with van der Waals surface area (Å²) in [7, 11) is 0. The van der Waals surface area contributed by atoms with Crippen molar-refractivity contribution in [2.45, 2.75) is 13.5 Å². The number of carbonyl (C=O) groups is 1. The van der Waals surface area contributed by atoms with Gasteiger partial charge in [0.25, 0.3) is 11.8 Å². The second-order valence-electron chi connectivity index (χ2n) is 4.98. The minimum atomic E-state index is -0.183. The van der Waals surface area contributed by atoms with Crippen LogP contribution >= 0.6 is 15.9 Å². The van der Waals surface area contributed by atoms with Gasteiger partial charge in [0.05, 0.1) is 5.56 Å². The lowest BCUT2D eigenvalue weighted by Crippen LogP contribution is -2.12. The van der Waals surface area contributed by atoms with Gasteiger partial charge in [0.1, 0.15) is 5.75 Å². The number of nitrogens with zero attached hydrogens (tertiary/aromatic N) is 2. The Hall–Kier alpha value is -2.67. The van der Waals surface area contributed by atoms with E-state index in [2.05, 4.69) is 31.4 Å². The highest BCUT2D eigenvalue weighted by atomic mass is 79.9. The first-order valence-electron chi connectivity index (χ1n) is 7.20. The molecule has 0 saturated carbocycles. The topological polar surface area (TPSA) is 77.3 Å². The molecule has 0 atom stereocenters. The fourth-order valence-electron chi connectivity index (χ4n) is 2.02. The lowest BCUT2D eigenvalue weighted by molar-refractivity contribution is 0.102. The number of aromatic nitrogens is 2. The molecule has 6 nitrogen and oxygen atoms in total. The Balaban J connectivity index is 1.60. The van der Waals surface area contributed by atoms with Crippen molar-refractivity contribution in [3.05, 3.63) is 70.3 Å². The number of rotatable bonds is 5. The molecular weight excluding hydrogens is 374 g/mol. The standard InChI is InChI=1S/C17H14BrN3O3/c1-11-19-16(24-21-11)10-23-13-8-6-12(7-9-13)20-17(22)14-4-2-3-5-15(14)18/h2-9H,10H2,1H3,(H,20,22). The van der Waals surface area contributed by atoms with Gasteiger partial charge in [-0.2, -0.15) is 4.98 Å². The van der Waals surface area contributed by atoms with E-state index in [1.807, 2.05) is 18.2 Å². The largest absolute Gasteiger partial charge is 0.484 e. The van der Waals surface area contributed by atoms with Crippen molar-refractivity contribution in [1.29, 1.82) is 0 Å². The molecule has 0 fully saturated rings. The van der Waals surface area contributed by atoms with Crippen molar-refractivity contribution in [3.8, 4) is 5.75 Å². The van der Waals surface area contributed by atoms with Crippen LogP contribution in [0.4, 0.5) is 5.69 Å². The van der Waals surface area contributed by atoms with Crippen molar-refractivity contribution in [1.82, 2.24) is 10.1 Å². The Labute approximate surface area is 147 Å². The quantitative estimate of drug-likeness (QED) is 0.716. The summed E-state index contributed by atoms with van der Waals surface area (Å²) in [5.74, 6) is 1.44. The van der Waals surface area contributed by atoms with E-state index in [1.165, 1.54) is 0 Å². The van der Waals surface area contributed by atoms with Crippen LogP contribution in [-0.2, 0) is 6.61 Å². The fourth-order valence-corrected chi connectivity index (χ4v) is 2.49. The highest BCUT2D eigenvalue weighted by molar-refractivity contribution is 9.10. The summed E-state index contributed by atoms with van der Waals surface area (Å²) in [6, 6.07) is 14.3. The van der Waals surface area contributed by atoms with E-state index in [4.69, 9.17) is 9.26 Å². The van der Waals surface area contributed by atoms with E-state index in [9.17, 15) is 4.79 Å². The summed E-state index contributed by atoms with van der Waals surface area (Å²) < 4.78 is 11.3. The van der Waals surface area contributed by atoms with E-state index in [0.29, 0.717) is 28.7 Å². The van der Waals surface area contributed by atoms with E-state index >= 15 is 0 Å². The molecule has 0 radical (unpaired) electrons. The third-order valence-corrected chi connectivity index (χ3v) is 3.85. The molecule has 7 heteroatoms. The van der Waals surface area contributed by atoms with Crippen molar-refractivity contribution in [2.24, 2.45) is 0 Å². The Morgan fingerprint density at radius 1 is 1.21 bits per heavy atom. The fraction of sp³-hybridized carbons (Fsp3) is 0.118. The number of halogens is 1. The third kappa shape index (κ3) is 3.99. The monoisotopic (exact) mass is 387 g/mol. The Bertz CT molecular complexity index is 846. The lowest BCUT2D eigenvalue weighted by atomic mass is 10.2. The first kappa shape index (κ1) is 16.2. The molecule has 24 heavy (non-hydrogen) atoms. The van der Waals surface area contributed by atoms with Gasteiger partial charge in [-0.1, -0.05) is 17.3 Å². The molecule has 0 aliphatic rings. The molecule has 1 heterocycles. The molecule has 1 aromatic heterocycles. The zero-order valence-corrected chi connectivity index (χ0v) is 14.4. The van der Waals surface area contributed by atoms with Gasteiger partial charge in [-0.3, -0.25) is 4.79 Å². The van der Waals surface area contributed by atoms with Gasteiger partial charge < -0.3 is 14.6 Å². The van der Waals surface area contributed by atoms with Crippen molar-refractivity contribution < 1.29 is 14.1 Å². The van der Waals surface area contributed by atoms with Gasteiger partial charge >= 0.3 is 0 Å². The normalized spacial score (nSPS) is 10.4. The average molecular weight is 388 g/mol. The molecule has 3 rings (SSSR count). The summed E-state index contributed by atoms with van der Waals surface area (Å²) in [4.78, 5) is 16.3. The summed E-state index contributed by atoms with van der Waals surface area (Å²) in [5, 5.41) is 6.53. The van der Waals surface area contributed by atoms with Crippen LogP contribution in [0.15, 0.2) is 57.5 Å². The van der Waals surface area contributed by atoms with Crippen LogP contribution < -0.4 is 10.1 Å². The molecule has 3 aromatic rings. The van der Waals surface area contributed by atoms with E-state index in [1.54, 1.807) is 37.3 Å². The van der Waals surface area contributed by atoms with Crippen LogP contribution in [0.25, 0.3) is 0 Å². The summed E-state index contributed by atoms with van der Waals surface area (Å²) in [6.07, 6.45) is 0. The minimum absolute atomic E-state index is 0.183. The van der Waals surface area contributed by atoms with Gasteiger partial charge in [0.2, 0.25) is 0 Å². The highest BCUT2D eigenvalue weighted by Crippen LogP contribution is 2.20. The Morgan fingerprint density at radius 3 is 2.62 bits per heavy atom. The second-order valence-corrected chi connectivity index (χ2v) is 5.84. The summed E-state index contributed by atoms with van der Waals surface area (Å²) in [5.41, 5.74) is 1.25. The van der Waals surface area contributed by atoms with Crippen LogP contribution in [0.5, 0.6) is 5.75 Å². The molecule has 0 bridgehead atoms. The molecule has 0 spiro atoms. The molecule has 1 N–H and O–H groups in total. The maximum Gasteiger partial charge on any atom is 0.264 e. The van der Waals surface area contributed by atoms with Crippen LogP contribution in [0.3, 0.4) is 0 Å². The van der Waals surface area contributed by atoms with E-state index in [-0.39, 0.29) is 12.5 Å². The molecule has 1 amide bonds. The van der Waals surface area contributed by atoms with E-state index < -0.39 is 0 Å². The predicted octanol–water partition coefficient (Wildman–Crippen LogP) is 3.97. The second kappa shape index (κ2) is 7.27. The van der Waals surface area contributed by atoms with Gasteiger partial charge in [0, 0.05) is 10.2 Å². The van der Waals surface area contributed by atoms with Crippen LogP contribution in [0.1, 0.15) is 22.1 Å². The first-order valence-corrected chi connectivity index (χ1v) is 7.99. The molecule has 0 aliphatic carbocycles.